The summed E-state index contributed by atoms with van der Waals surface area (Å²) in [7, 11) is 1.88. The van der Waals surface area contributed by atoms with Gasteiger partial charge in [0.1, 0.15) is 6.61 Å². The third-order valence-corrected chi connectivity index (χ3v) is 2.95. The Labute approximate surface area is 123 Å². The number of unbranched alkanes of at least 4 members (excludes halogenated alkanes) is 5. The highest BCUT2D eigenvalue weighted by atomic mass is 16.5. The number of ether oxygens (including phenoxy) is 2. The zero-order valence-electron chi connectivity index (χ0n) is 13.2. The van der Waals surface area contributed by atoms with Crippen LogP contribution in [0.25, 0.3) is 0 Å². The molecule has 0 aliphatic rings. The number of amides is 1. The van der Waals surface area contributed by atoms with E-state index in [0.717, 1.165) is 19.5 Å². The van der Waals surface area contributed by atoms with Crippen LogP contribution in [-0.2, 0) is 14.3 Å². The van der Waals surface area contributed by atoms with Crippen LogP contribution in [0.1, 0.15) is 45.4 Å². The third kappa shape index (κ3) is 15.4. The second-order valence-corrected chi connectivity index (χ2v) is 4.89. The minimum absolute atomic E-state index is 0.0335. The molecule has 5 nitrogen and oxygen atoms in total. The molecule has 0 saturated heterocycles. The maximum absolute atomic E-state index is 11.4. The summed E-state index contributed by atoms with van der Waals surface area (Å²) >= 11 is 0. The van der Waals surface area contributed by atoms with Crippen LogP contribution in [0.4, 0.5) is 0 Å². The summed E-state index contributed by atoms with van der Waals surface area (Å²) in [5.41, 5.74) is 0. The average Bonchev–Trinajstić information content (AvgIpc) is 2.45. The van der Waals surface area contributed by atoms with Crippen LogP contribution in [0.2, 0.25) is 0 Å². The van der Waals surface area contributed by atoms with Crippen LogP contribution >= 0.6 is 0 Å². The second kappa shape index (κ2) is 16.4. The van der Waals surface area contributed by atoms with Gasteiger partial charge in [-0.15, -0.1) is 0 Å². The summed E-state index contributed by atoms with van der Waals surface area (Å²) in [5.74, 6) is -0.0335. The van der Waals surface area contributed by atoms with E-state index >= 15 is 0 Å². The summed E-state index contributed by atoms with van der Waals surface area (Å²) in [5, 5.41) is 5.86. The molecular weight excluding hydrogens is 256 g/mol. The molecule has 1 amide bonds. The Balaban J connectivity index is 3.13. The largest absolute Gasteiger partial charge is 0.378 e. The van der Waals surface area contributed by atoms with Crippen molar-refractivity contribution in [1.82, 2.24) is 10.6 Å². The Kier molecular flexibility index (Phi) is 15.9. The maximum Gasteiger partial charge on any atom is 0.245 e. The van der Waals surface area contributed by atoms with Crippen LogP contribution in [0.5, 0.6) is 0 Å². The van der Waals surface area contributed by atoms with Gasteiger partial charge in [-0.25, -0.2) is 0 Å². The quantitative estimate of drug-likeness (QED) is 0.450. The van der Waals surface area contributed by atoms with Gasteiger partial charge in [-0.2, -0.15) is 0 Å². The van der Waals surface area contributed by atoms with E-state index in [4.69, 9.17) is 9.47 Å². The predicted molar refractivity (Wildman–Crippen MR) is 82.0 cm³/mol. The molecular formula is C15H32N2O3. The van der Waals surface area contributed by atoms with E-state index in [0.29, 0.717) is 19.8 Å². The van der Waals surface area contributed by atoms with E-state index < -0.39 is 0 Å². The molecule has 0 aromatic rings. The average molecular weight is 288 g/mol. The Morgan fingerprint density at radius 1 is 0.900 bits per heavy atom. The molecule has 0 heterocycles. The molecule has 0 aliphatic heterocycles. The van der Waals surface area contributed by atoms with Gasteiger partial charge in [0.05, 0.1) is 19.8 Å². The van der Waals surface area contributed by atoms with Gasteiger partial charge in [0.25, 0.3) is 0 Å². The number of hydrogen-bond donors (Lipinski definition) is 2. The Hall–Kier alpha value is -0.650. The molecule has 0 bridgehead atoms. The molecule has 120 valence electrons. The Morgan fingerprint density at radius 3 is 2.35 bits per heavy atom. The molecule has 5 heteroatoms. The molecule has 0 unspecified atom stereocenters. The SMILES string of the molecule is CCCCCCCCNC(=O)COCCOCCNC. The first-order valence-corrected chi connectivity index (χ1v) is 7.88. The van der Waals surface area contributed by atoms with Gasteiger partial charge >= 0.3 is 0 Å². The molecule has 0 aromatic carbocycles. The maximum atomic E-state index is 11.4. The van der Waals surface area contributed by atoms with Crippen molar-refractivity contribution in [1.29, 1.82) is 0 Å². The summed E-state index contributed by atoms with van der Waals surface area (Å²) in [4.78, 5) is 11.4. The first-order valence-electron chi connectivity index (χ1n) is 7.88. The van der Waals surface area contributed by atoms with E-state index in [1.54, 1.807) is 0 Å². The molecule has 0 saturated carbocycles. The smallest absolute Gasteiger partial charge is 0.245 e. The molecule has 0 fully saturated rings. The minimum Gasteiger partial charge on any atom is -0.378 e. The standard InChI is InChI=1S/C15H32N2O3/c1-3-4-5-6-7-8-9-17-15(18)14-20-13-12-19-11-10-16-2/h16H,3-14H2,1-2H3,(H,17,18). The zero-order valence-corrected chi connectivity index (χ0v) is 13.2. The number of rotatable bonds is 15. The highest BCUT2D eigenvalue weighted by Crippen LogP contribution is 2.03. The van der Waals surface area contributed by atoms with E-state index in [9.17, 15) is 4.79 Å². The van der Waals surface area contributed by atoms with Crippen molar-refractivity contribution in [3.05, 3.63) is 0 Å². The fraction of sp³-hybridized carbons (Fsp3) is 0.933. The van der Waals surface area contributed by atoms with Gasteiger partial charge in [0.2, 0.25) is 5.91 Å². The normalized spacial score (nSPS) is 10.7. The third-order valence-electron chi connectivity index (χ3n) is 2.95. The topological polar surface area (TPSA) is 59.6 Å². The monoisotopic (exact) mass is 288 g/mol. The number of hydrogen-bond acceptors (Lipinski definition) is 4. The van der Waals surface area contributed by atoms with Crippen molar-refractivity contribution in [3.8, 4) is 0 Å². The molecule has 20 heavy (non-hydrogen) atoms. The Bertz CT molecular complexity index is 193. The van der Waals surface area contributed by atoms with Gasteiger partial charge in [-0.05, 0) is 13.5 Å². The highest BCUT2D eigenvalue weighted by Gasteiger charge is 2.00. The van der Waals surface area contributed by atoms with Crippen molar-refractivity contribution in [2.75, 3.05) is 46.6 Å². The van der Waals surface area contributed by atoms with Crippen molar-refractivity contribution >= 4 is 5.91 Å². The first kappa shape index (κ1) is 19.4. The van der Waals surface area contributed by atoms with Gasteiger partial charge in [0.15, 0.2) is 0 Å². The van der Waals surface area contributed by atoms with Crippen LogP contribution < -0.4 is 10.6 Å². The lowest BCUT2D eigenvalue weighted by Gasteiger charge is -2.07. The van der Waals surface area contributed by atoms with Crippen molar-refractivity contribution in [2.24, 2.45) is 0 Å². The minimum atomic E-state index is -0.0335. The van der Waals surface area contributed by atoms with Crippen LogP contribution in [0.15, 0.2) is 0 Å². The van der Waals surface area contributed by atoms with E-state index in [-0.39, 0.29) is 12.5 Å². The lowest BCUT2D eigenvalue weighted by molar-refractivity contribution is -0.126. The molecule has 0 spiro atoms. The molecule has 0 radical (unpaired) electrons. The summed E-state index contributed by atoms with van der Waals surface area (Å²) in [6, 6.07) is 0. The summed E-state index contributed by atoms with van der Waals surface area (Å²) in [6.45, 7) is 5.60. The Morgan fingerprint density at radius 2 is 1.60 bits per heavy atom. The lowest BCUT2D eigenvalue weighted by atomic mass is 10.1. The predicted octanol–water partition coefficient (Wildman–Crippen LogP) is 1.72. The summed E-state index contributed by atoms with van der Waals surface area (Å²) < 4.78 is 10.5. The number of carbonyl (C=O) groups excluding carboxylic acids is 1. The molecule has 0 atom stereocenters. The fourth-order valence-corrected chi connectivity index (χ4v) is 1.74. The van der Waals surface area contributed by atoms with Crippen molar-refractivity contribution < 1.29 is 14.3 Å². The number of carbonyl (C=O) groups is 1. The molecule has 0 aliphatic carbocycles. The molecule has 0 rings (SSSR count). The van der Waals surface area contributed by atoms with Crippen LogP contribution in [0.3, 0.4) is 0 Å². The van der Waals surface area contributed by atoms with Crippen LogP contribution in [0, 0.1) is 0 Å². The van der Waals surface area contributed by atoms with Gasteiger partial charge in [0, 0.05) is 13.1 Å². The first-order chi connectivity index (χ1) is 9.81. The fourth-order valence-electron chi connectivity index (χ4n) is 1.74. The van der Waals surface area contributed by atoms with Crippen molar-refractivity contribution in [2.45, 2.75) is 45.4 Å². The molecule has 0 aromatic heterocycles. The molecule has 2 N–H and O–H groups in total. The van der Waals surface area contributed by atoms with E-state index in [1.807, 2.05) is 7.05 Å². The van der Waals surface area contributed by atoms with Gasteiger partial charge < -0.3 is 20.1 Å². The van der Waals surface area contributed by atoms with E-state index in [2.05, 4.69) is 17.6 Å². The number of nitrogens with one attached hydrogen (secondary N) is 2. The van der Waals surface area contributed by atoms with E-state index in [1.165, 1.54) is 32.1 Å². The summed E-state index contributed by atoms with van der Waals surface area (Å²) in [6.07, 6.45) is 7.41. The highest BCUT2D eigenvalue weighted by molar-refractivity contribution is 5.77. The zero-order chi connectivity index (χ0) is 14.9. The van der Waals surface area contributed by atoms with Gasteiger partial charge in [-0.1, -0.05) is 39.0 Å². The number of likely N-dealkylation sites (N-methyl/N-ethyl adjacent to an activating group) is 1. The second-order valence-electron chi connectivity index (χ2n) is 4.89. The van der Waals surface area contributed by atoms with Crippen LogP contribution in [-0.4, -0.2) is 52.5 Å². The van der Waals surface area contributed by atoms with Gasteiger partial charge in [-0.3, -0.25) is 4.79 Å². The lowest BCUT2D eigenvalue weighted by Crippen LogP contribution is -2.29. The van der Waals surface area contributed by atoms with Crippen molar-refractivity contribution in [3.63, 3.8) is 0 Å².